The summed E-state index contributed by atoms with van der Waals surface area (Å²) in [7, 11) is -4.01. The van der Waals surface area contributed by atoms with Crippen LogP contribution in [0.3, 0.4) is 0 Å². The molecule has 1 N–H and O–H groups in total. The fraction of sp³-hybridized carbons (Fsp3) is 0. The lowest BCUT2D eigenvalue weighted by atomic mass is 10.2. The molecule has 144 valence electrons. The number of carbonyl (C=O) groups excluding carboxylic acids is 1. The lowest BCUT2D eigenvalue weighted by Gasteiger charge is -2.15. The van der Waals surface area contributed by atoms with Gasteiger partial charge in [-0.1, -0.05) is 59.8 Å². The van der Waals surface area contributed by atoms with E-state index in [0.29, 0.717) is 5.56 Å². The number of amides is 1. The van der Waals surface area contributed by atoms with Crippen molar-refractivity contribution in [3.05, 3.63) is 74.1 Å². The van der Waals surface area contributed by atoms with E-state index >= 15 is 0 Å². The number of nitro benzene ring substituents is 1. The fourth-order valence-electron chi connectivity index (χ4n) is 2.23. The van der Waals surface area contributed by atoms with Gasteiger partial charge in [0.2, 0.25) is 0 Å². The highest BCUT2D eigenvalue weighted by Gasteiger charge is 2.35. The van der Waals surface area contributed by atoms with Crippen molar-refractivity contribution in [2.75, 3.05) is 0 Å². The summed E-state index contributed by atoms with van der Waals surface area (Å²) in [6.07, 6.45) is 1.37. The Morgan fingerprint density at radius 3 is 2.54 bits per heavy atom. The van der Waals surface area contributed by atoms with Gasteiger partial charge in [0.05, 0.1) is 14.7 Å². The average Bonchev–Trinajstić information content (AvgIpc) is 2.91. The van der Waals surface area contributed by atoms with E-state index in [4.69, 9.17) is 23.8 Å². The van der Waals surface area contributed by atoms with Crippen LogP contribution in [0.1, 0.15) is 5.56 Å². The van der Waals surface area contributed by atoms with Crippen LogP contribution in [0.5, 0.6) is 0 Å². The molecule has 1 aliphatic heterocycles. The Hall–Kier alpha value is -2.31. The number of thioether (sulfide) groups is 1. The molecule has 3 rings (SSSR count). The topological polar surface area (TPSA) is 110 Å². The monoisotopic (exact) mass is 455 g/mol. The zero-order chi connectivity index (χ0) is 20.5. The number of nitro groups is 1. The second-order valence-electron chi connectivity index (χ2n) is 5.39. The molecule has 28 heavy (non-hydrogen) atoms. The first-order valence-electron chi connectivity index (χ1n) is 7.48. The van der Waals surface area contributed by atoms with E-state index in [2.05, 4.69) is 4.83 Å². The summed E-state index contributed by atoms with van der Waals surface area (Å²) in [6.45, 7) is 0. The van der Waals surface area contributed by atoms with Gasteiger partial charge in [0, 0.05) is 6.07 Å². The molecule has 0 unspecified atom stereocenters. The Morgan fingerprint density at radius 2 is 1.89 bits per heavy atom. The summed E-state index contributed by atoms with van der Waals surface area (Å²) in [5.74, 6) is -0.688. The summed E-state index contributed by atoms with van der Waals surface area (Å²) in [5.41, 5.74) is 0.0400. The van der Waals surface area contributed by atoms with E-state index in [1.54, 1.807) is 18.2 Å². The molecule has 1 saturated heterocycles. The van der Waals surface area contributed by atoms with Crippen molar-refractivity contribution in [3.63, 3.8) is 0 Å². The molecule has 8 nitrogen and oxygen atoms in total. The van der Waals surface area contributed by atoms with Gasteiger partial charge in [-0.05, 0) is 29.8 Å². The number of rotatable bonds is 5. The first-order chi connectivity index (χ1) is 13.2. The Kier molecular flexibility index (Phi) is 5.82. The van der Waals surface area contributed by atoms with Crippen LogP contribution in [0.15, 0.2) is 58.3 Å². The maximum Gasteiger partial charge on any atom is 0.288 e. The largest absolute Gasteiger partial charge is 0.288 e. The lowest BCUT2D eigenvalue weighted by molar-refractivity contribution is -0.384. The van der Waals surface area contributed by atoms with Crippen molar-refractivity contribution >= 4 is 67.6 Å². The molecule has 0 spiro atoms. The molecular weight excluding hydrogens is 446 g/mol. The van der Waals surface area contributed by atoms with Crippen molar-refractivity contribution < 1.29 is 18.1 Å². The average molecular weight is 456 g/mol. The van der Waals surface area contributed by atoms with Crippen LogP contribution in [0.2, 0.25) is 5.02 Å². The highest BCUT2D eigenvalue weighted by atomic mass is 35.5. The third-order valence-corrected chi connectivity index (χ3v) is 6.46. The van der Waals surface area contributed by atoms with Gasteiger partial charge in [-0.2, -0.15) is 0 Å². The molecule has 1 amide bonds. The Balaban J connectivity index is 1.87. The van der Waals surface area contributed by atoms with Gasteiger partial charge in [-0.15, -0.1) is 4.83 Å². The van der Waals surface area contributed by atoms with Gasteiger partial charge in [0.15, 0.2) is 4.32 Å². The smallest absolute Gasteiger partial charge is 0.267 e. The number of halogens is 1. The van der Waals surface area contributed by atoms with Crippen molar-refractivity contribution in [1.29, 1.82) is 0 Å². The maximum atomic E-state index is 12.6. The van der Waals surface area contributed by atoms with Gasteiger partial charge >= 0.3 is 0 Å². The molecule has 0 bridgehead atoms. The first kappa shape index (κ1) is 20.4. The number of hydrazine groups is 1. The highest BCUT2D eigenvalue weighted by molar-refractivity contribution is 8.26. The Morgan fingerprint density at radius 1 is 1.21 bits per heavy atom. The minimum Gasteiger partial charge on any atom is -0.267 e. The van der Waals surface area contributed by atoms with E-state index in [-0.39, 0.29) is 24.8 Å². The standard InChI is InChI=1S/C16H10ClN3O5S3/c17-12-7-6-10(8-13(12)20(22)23)9-14-15(21)19(16(26)27-14)18-28(24,25)11-4-2-1-3-5-11/h1-9,18H/b14-9+. The van der Waals surface area contributed by atoms with Gasteiger partial charge in [-0.3, -0.25) is 14.9 Å². The van der Waals surface area contributed by atoms with Crippen LogP contribution < -0.4 is 4.83 Å². The number of sulfonamides is 1. The maximum absolute atomic E-state index is 12.6. The Bertz CT molecular complexity index is 1120. The molecule has 1 fully saturated rings. The highest BCUT2D eigenvalue weighted by Crippen LogP contribution is 2.33. The first-order valence-corrected chi connectivity index (χ1v) is 10.6. The molecular formula is C16H10ClN3O5S3. The van der Waals surface area contributed by atoms with E-state index in [0.717, 1.165) is 16.8 Å². The second kappa shape index (κ2) is 7.97. The normalized spacial score (nSPS) is 16.0. The predicted molar refractivity (Wildman–Crippen MR) is 110 cm³/mol. The summed E-state index contributed by atoms with van der Waals surface area (Å²) >= 11 is 11.7. The van der Waals surface area contributed by atoms with Crippen LogP contribution >= 0.6 is 35.6 Å². The molecule has 0 atom stereocenters. The van der Waals surface area contributed by atoms with E-state index in [1.807, 2.05) is 0 Å². The fourth-order valence-corrected chi connectivity index (χ4v) is 4.75. The van der Waals surface area contributed by atoms with Crippen molar-refractivity contribution in [1.82, 2.24) is 9.84 Å². The zero-order valence-corrected chi connectivity index (χ0v) is 16.9. The lowest BCUT2D eigenvalue weighted by Crippen LogP contribution is -2.44. The van der Waals surface area contributed by atoms with Gasteiger partial charge in [0.25, 0.3) is 21.6 Å². The van der Waals surface area contributed by atoms with E-state index in [1.165, 1.54) is 36.4 Å². The number of thiocarbonyl (C=S) groups is 1. The number of nitrogens with one attached hydrogen (secondary N) is 1. The van der Waals surface area contributed by atoms with Gasteiger partial charge in [0.1, 0.15) is 5.02 Å². The van der Waals surface area contributed by atoms with Crippen molar-refractivity contribution in [3.8, 4) is 0 Å². The SMILES string of the molecule is O=C1/C(=C\c2ccc(Cl)c([N+](=O)[O-])c2)SC(=S)N1NS(=O)(=O)c1ccccc1. The molecule has 0 saturated carbocycles. The molecule has 0 aliphatic carbocycles. The molecule has 2 aromatic rings. The number of nitrogens with zero attached hydrogens (tertiary/aromatic N) is 2. The third-order valence-electron chi connectivity index (χ3n) is 3.52. The van der Waals surface area contributed by atoms with Gasteiger partial charge in [-0.25, -0.2) is 13.4 Å². The third kappa shape index (κ3) is 4.23. The van der Waals surface area contributed by atoms with Crippen LogP contribution in [0.4, 0.5) is 5.69 Å². The quantitative estimate of drug-likeness (QED) is 0.318. The van der Waals surface area contributed by atoms with E-state index < -0.39 is 20.9 Å². The summed E-state index contributed by atoms with van der Waals surface area (Å²) < 4.78 is 24.8. The molecule has 1 aliphatic rings. The minimum atomic E-state index is -4.01. The number of hydrogen-bond donors (Lipinski definition) is 1. The molecule has 2 aromatic carbocycles. The van der Waals surface area contributed by atoms with Gasteiger partial charge < -0.3 is 0 Å². The number of hydrogen-bond acceptors (Lipinski definition) is 7. The summed E-state index contributed by atoms with van der Waals surface area (Å²) in [4.78, 5) is 25.2. The molecule has 12 heteroatoms. The summed E-state index contributed by atoms with van der Waals surface area (Å²) in [6, 6.07) is 11.6. The predicted octanol–water partition coefficient (Wildman–Crippen LogP) is 3.34. The van der Waals surface area contributed by atoms with Crippen LogP contribution in [0.25, 0.3) is 6.08 Å². The van der Waals surface area contributed by atoms with E-state index in [9.17, 15) is 23.3 Å². The van der Waals surface area contributed by atoms with Crippen molar-refractivity contribution in [2.45, 2.75) is 4.90 Å². The summed E-state index contributed by atoms with van der Waals surface area (Å²) in [5, 5.41) is 11.7. The van der Waals surface area contributed by atoms with Crippen LogP contribution in [-0.2, 0) is 14.8 Å². The Labute approximate surface area is 174 Å². The minimum absolute atomic E-state index is 0.0146. The number of benzene rings is 2. The van der Waals surface area contributed by atoms with Crippen LogP contribution in [-0.4, -0.2) is 28.6 Å². The molecule has 1 heterocycles. The van der Waals surface area contributed by atoms with Crippen molar-refractivity contribution in [2.24, 2.45) is 0 Å². The molecule has 0 radical (unpaired) electrons. The zero-order valence-electron chi connectivity index (χ0n) is 13.7. The molecule has 0 aromatic heterocycles. The van der Waals surface area contributed by atoms with Crippen LogP contribution in [0, 0.1) is 10.1 Å². The number of carbonyl (C=O) groups is 1. The second-order valence-corrected chi connectivity index (χ2v) is 9.14.